The number of hydrogen-bond donors (Lipinski definition) is 1. The number of carboxylic acid groups (broad SMARTS) is 1. The van der Waals surface area contributed by atoms with Crippen LogP contribution in [0.4, 0.5) is 4.79 Å². The minimum Gasteiger partial charge on any atom is -0.481 e. The number of likely N-dealkylation sites (tertiary alicyclic amines) is 1. The van der Waals surface area contributed by atoms with Crippen molar-refractivity contribution < 1.29 is 19.4 Å². The number of carbonyl (C=O) groups excluding carboxylic acids is 1. The Bertz CT molecular complexity index is 360. The van der Waals surface area contributed by atoms with Crippen molar-refractivity contribution in [1.29, 1.82) is 0 Å². The molecule has 2 bridgehead atoms. The van der Waals surface area contributed by atoms with Crippen LogP contribution in [0.25, 0.3) is 0 Å². The molecule has 0 aromatic heterocycles. The van der Waals surface area contributed by atoms with Gasteiger partial charge < -0.3 is 14.7 Å². The number of amides is 1. The number of nitrogens with zero attached hydrogens (tertiary/aromatic N) is 1. The standard InChI is InChI=1S/C14H23NO4/c1-14(2,3)19-13(18)15-7-9-5-4-6-10(8-15)11(9)12(16)17/h9-11H,4-8H2,1-3H3,(H,16,17). The molecule has 1 aliphatic carbocycles. The molecule has 0 aromatic carbocycles. The molecule has 108 valence electrons. The van der Waals surface area contributed by atoms with Crippen LogP contribution < -0.4 is 0 Å². The van der Waals surface area contributed by atoms with E-state index < -0.39 is 11.6 Å². The normalized spacial score (nSPS) is 30.9. The smallest absolute Gasteiger partial charge is 0.410 e. The predicted molar refractivity (Wildman–Crippen MR) is 69.8 cm³/mol. The molecular formula is C14H23NO4. The fourth-order valence-electron chi connectivity index (χ4n) is 3.32. The second-order valence-electron chi connectivity index (χ2n) is 6.70. The molecule has 2 fully saturated rings. The molecule has 19 heavy (non-hydrogen) atoms. The van der Waals surface area contributed by atoms with Crippen molar-refractivity contribution in [3.8, 4) is 0 Å². The molecule has 2 unspecified atom stereocenters. The summed E-state index contributed by atoms with van der Waals surface area (Å²) in [5, 5.41) is 9.32. The zero-order chi connectivity index (χ0) is 14.2. The first kappa shape index (κ1) is 14.2. The molecule has 1 saturated heterocycles. The molecule has 1 heterocycles. The van der Waals surface area contributed by atoms with E-state index in [-0.39, 0.29) is 23.8 Å². The van der Waals surface area contributed by atoms with E-state index in [1.165, 1.54) is 0 Å². The van der Waals surface area contributed by atoms with Gasteiger partial charge >= 0.3 is 12.1 Å². The number of piperidine rings is 1. The Morgan fingerprint density at radius 3 is 2.11 bits per heavy atom. The van der Waals surface area contributed by atoms with Gasteiger partial charge in [-0.05, 0) is 45.4 Å². The molecule has 2 atom stereocenters. The summed E-state index contributed by atoms with van der Waals surface area (Å²) in [6, 6.07) is 0. The van der Waals surface area contributed by atoms with Gasteiger partial charge in [0.25, 0.3) is 0 Å². The Balaban J connectivity index is 2.05. The summed E-state index contributed by atoms with van der Waals surface area (Å²) < 4.78 is 5.38. The summed E-state index contributed by atoms with van der Waals surface area (Å²) in [6.07, 6.45) is 2.55. The predicted octanol–water partition coefficient (Wildman–Crippen LogP) is 2.35. The maximum absolute atomic E-state index is 12.1. The SMILES string of the molecule is CC(C)(C)OC(=O)N1CC2CCCC(C1)C2C(=O)O. The molecule has 2 aliphatic rings. The summed E-state index contributed by atoms with van der Waals surface area (Å²) in [7, 11) is 0. The Morgan fingerprint density at radius 1 is 1.16 bits per heavy atom. The summed E-state index contributed by atoms with van der Waals surface area (Å²) >= 11 is 0. The van der Waals surface area contributed by atoms with E-state index in [2.05, 4.69) is 0 Å². The maximum Gasteiger partial charge on any atom is 0.410 e. The third-order valence-corrected chi connectivity index (χ3v) is 4.01. The van der Waals surface area contributed by atoms with E-state index in [4.69, 9.17) is 4.74 Å². The average molecular weight is 269 g/mol. The van der Waals surface area contributed by atoms with Crippen LogP contribution in [-0.2, 0) is 9.53 Å². The first-order valence-electron chi connectivity index (χ1n) is 6.98. The zero-order valence-electron chi connectivity index (χ0n) is 11.9. The molecule has 1 aliphatic heterocycles. The topological polar surface area (TPSA) is 66.8 Å². The van der Waals surface area contributed by atoms with Crippen molar-refractivity contribution in [1.82, 2.24) is 4.90 Å². The molecule has 1 amide bonds. The maximum atomic E-state index is 12.1. The van der Waals surface area contributed by atoms with E-state index in [9.17, 15) is 14.7 Å². The first-order chi connectivity index (χ1) is 8.78. The number of rotatable bonds is 1. The van der Waals surface area contributed by atoms with E-state index >= 15 is 0 Å². The van der Waals surface area contributed by atoms with Crippen LogP contribution in [0.3, 0.4) is 0 Å². The second kappa shape index (κ2) is 5.02. The molecule has 2 rings (SSSR count). The van der Waals surface area contributed by atoms with Crippen LogP contribution in [0.1, 0.15) is 40.0 Å². The van der Waals surface area contributed by atoms with Crippen LogP contribution in [-0.4, -0.2) is 40.8 Å². The molecular weight excluding hydrogens is 246 g/mol. The van der Waals surface area contributed by atoms with Gasteiger partial charge in [-0.25, -0.2) is 4.79 Å². The average Bonchev–Trinajstić information content (AvgIpc) is 2.24. The molecule has 1 N–H and O–H groups in total. The van der Waals surface area contributed by atoms with Gasteiger partial charge in [0.05, 0.1) is 5.92 Å². The summed E-state index contributed by atoms with van der Waals surface area (Å²) in [4.78, 5) is 25.1. The number of ether oxygens (including phenoxy) is 1. The van der Waals surface area contributed by atoms with Crippen LogP contribution in [0.15, 0.2) is 0 Å². The largest absolute Gasteiger partial charge is 0.481 e. The minimum absolute atomic E-state index is 0.0810. The van der Waals surface area contributed by atoms with Crippen molar-refractivity contribution in [2.24, 2.45) is 17.8 Å². The third-order valence-electron chi connectivity index (χ3n) is 4.01. The van der Waals surface area contributed by atoms with Gasteiger partial charge in [-0.1, -0.05) is 6.42 Å². The molecule has 0 aromatic rings. The molecule has 5 heteroatoms. The van der Waals surface area contributed by atoms with Gasteiger partial charge in [0.2, 0.25) is 0 Å². The lowest BCUT2D eigenvalue weighted by atomic mass is 9.69. The Kier molecular flexibility index (Phi) is 3.74. The fraction of sp³-hybridized carbons (Fsp3) is 0.857. The Hall–Kier alpha value is -1.26. The molecule has 5 nitrogen and oxygen atoms in total. The zero-order valence-corrected chi connectivity index (χ0v) is 11.9. The molecule has 0 radical (unpaired) electrons. The van der Waals surface area contributed by atoms with E-state index in [1.807, 2.05) is 20.8 Å². The van der Waals surface area contributed by atoms with Crippen molar-refractivity contribution in [2.45, 2.75) is 45.6 Å². The van der Waals surface area contributed by atoms with E-state index in [0.29, 0.717) is 13.1 Å². The molecule has 0 spiro atoms. The second-order valence-corrected chi connectivity index (χ2v) is 6.70. The van der Waals surface area contributed by atoms with Gasteiger partial charge in [-0.15, -0.1) is 0 Å². The van der Waals surface area contributed by atoms with Gasteiger partial charge in [0.1, 0.15) is 5.60 Å². The number of fused-ring (bicyclic) bond motifs is 2. The van der Waals surface area contributed by atoms with Gasteiger partial charge in [0.15, 0.2) is 0 Å². The molecule has 1 saturated carbocycles. The van der Waals surface area contributed by atoms with Crippen LogP contribution in [0.2, 0.25) is 0 Å². The van der Waals surface area contributed by atoms with Gasteiger partial charge in [0, 0.05) is 13.1 Å². The van der Waals surface area contributed by atoms with Crippen LogP contribution in [0.5, 0.6) is 0 Å². The number of carboxylic acids is 1. The number of hydrogen-bond acceptors (Lipinski definition) is 3. The monoisotopic (exact) mass is 269 g/mol. The van der Waals surface area contributed by atoms with Crippen molar-refractivity contribution >= 4 is 12.1 Å². The number of aliphatic carboxylic acids is 1. The lowest BCUT2D eigenvalue weighted by Gasteiger charge is -2.45. The van der Waals surface area contributed by atoms with Crippen molar-refractivity contribution in [3.05, 3.63) is 0 Å². The highest BCUT2D eigenvalue weighted by molar-refractivity contribution is 5.73. The third kappa shape index (κ3) is 3.19. The van der Waals surface area contributed by atoms with E-state index in [1.54, 1.807) is 4.90 Å². The van der Waals surface area contributed by atoms with E-state index in [0.717, 1.165) is 19.3 Å². The summed E-state index contributed by atoms with van der Waals surface area (Å²) in [6.45, 7) is 6.56. The van der Waals surface area contributed by atoms with Gasteiger partial charge in [-0.3, -0.25) is 4.79 Å². The highest BCUT2D eigenvalue weighted by Crippen LogP contribution is 2.40. The van der Waals surface area contributed by atoms with Gasteiger partial charge in [-0.2, -0.15) is 0 Å². The Labute approximate surface area is 113 Å². The van der Waals surface area contributed by atoms with Crippen molar-refractivity contribution in [3.63, 3.8) is 0 Å². The summed E-state index contributed by atoms with van der Waals surface area (Å²) in [5.74, 6) is -0.832. The lowest BCUT2D eigenvalue weighted by molar-refractivity contribution is -0.151. The fourth-order valence-corrected chi connectivity index (χ4v) is 3.32. The Morgan fingerprint density at radius 2 is 1.68 bits per heavy atom. The first-order valence-corrected chi connectivity index (χ1v) is 6.98. The number of carbonyl (C=O) groups is 2. The lowest BCUT2D eigenvalue weighted by Crippen LogP contribution is -2.53. The highest BCUT2D eigenvalue weighted by Gasteiger charge is 2.45. The van der Waals surface area contributed by atoms with Crippen LogP contribution in [0, 0.1) is 17.8 Å². The summed E-state index contributed by atoms with van der Waals surface area (Å²) in [5.41, 5.74) is -0.504. The highest BCUT2D eigenvalue weighted by atomic mass is 16.6. The minimum atomic E-state index is -0.710. The quantitative estimate of drug-likeness (QED) is 0.793. The van der Waals surface area contributed by atoms with Crippen LogP contribution >= 0.6 is 0 Å². The van der Waals surface area contributed by atoms with Crippen molar-refractivity contribution in [2.75, 3.05) is 13.1 Å².